The average Bonchev–Trinajstić information content (AvgIpc) is 2.68. The summed E-state index contributed by atoms with van der Waals surface area (Å²) >= 11 is 0. The van der Waals surface area contributed by atoms with E-state index in [4.69, 9.17) is 10.2 Å². The third-order valence-corrected chi connectivity index (χ3v) is 3.78. The molecule has 1 aliphatic rings. The van der Waals surface area contributed by atoms with E-state index in [0.29, 0.717) is 0 Å². The van der Waals surface area contributed by atoms with E-state index in [2.05, 4.69) is 20.5 Å². The summed E-state index contributed by atoms with van der Waals surface area (Å²) in [6.07, 6.45) is 2.61. The Labute approximate surface area is 151 Å². The van der Waals surface area contributed by atoms with Crippen molar-refractivity contribution in [2.45, 2.75) is 5.54 Å². The van der Waals surface area contributed by atoms with Crippen LogP contribution >= 0.6 is 0 Å². The normalized spacial score (nSPS) is 18.3. The minimum absolute atomic E-state index is 0.0683. The van der Waals surface area contributed by atoms with Crippen LogP contribution in [0.4, 0.5) is 0 Å². The number of carboxylic acid groups (broad SMARTS) is 3. The number of hydrazone groups is 1. The van der Waals surface area contributed by atoms with Crippen LogP contribution in [-0.4, -0.2) is 48.9 Å². The predicted molar refractivity (Wildman–Crippen MR) is 90.5 cm³/mol. The van der Waals surface area contributed by atoms with Crippen LogP contribution in [0.5, 0.6) is 0 Å². The van der Waals surface area contributed by atoms with Crippen molar-refractivity contribution in [1.29, 1.82) is 0 Å². The van der Waals surface area contributed by atoms with Gasteiger partial charge < -0.3 is 15.3 Å². The number of hydrogen-bond donors (Lipinski definition) is 4. The summed E-state index contributed by atoms with van der Waals surface area (Å²) in [4.78, 5) is 41.8. The molecule has 0 spiro atoms. The van der Waals surface area contributed by atoms with E-state index in [9.17, 15) is 19.5 Å². The van der Waals surface area contributed by atoms with Crippen LogP contribution in [0.1, 0.15) is 32.4 Å². The van der Waals surface area contributed by atoms with Gasteiger partial charge in [-0.1, -0.05) is 12.1 Å². The zero-order valence-corrected chi connectivity index (χ0v) is 13.5. The molecule has 0 fully saturated rings. The number of rotatable bonds is 5. The van der Waals surface area contributed by atoms with Gasteiger partial charge in [0.05, 0.1) is 11.4 Å². The van der Waals surface area contributed by atoms with Crippen molar-refractivity contribution in [3.63, 3.8) is 0 Å². The third-order valence-electron chi connectivity index (χ3n) is 3.78. The van der Waals surface area contributed by atoms with Crippen LogP contribution in [0.2, 0.25) is 0 Å². The molecule has 10 heteroatoms. The summed E-state index contributed by atoms with van der Waals surface area (Å²) in [5, 5.41) is 31.7. The van der Waals surface area contributed by atoms with Crippen molar-refractivity contribution < 1.29 is 29.7 Å². The Balaban J connectivity index is 1.99. The molecular formula is C17H12N4O6. The van der Waals surface area contributed by atoms with E-state index in [1.165, 1.54) is 48.6 Å². The molecule has 27 heavy (non-hydrogen) atoms. The summed E-state index contributed by atoms with van der Waals surface area (Å²) in [5.41, 5.74) is 0.469. The van der Waals surface area contributed by atoms with E-state index >= 15 is 0 Å². The van der Waals surface area contributed by atoms with Crippen molar-refractivity contribution in [2.75, 3.05) is 0 Å². The highest BCUT2D eigenvalue weighted by Gasteiger charge is 2.41. The van der Waals surface area contributed by atoms with Gasteiger partial charge in [0.2, 0.25) is 5.54 Å². The minimum Gasteiger partial charge on any atom is -0.479 e. The second kappa shape index (κ2) is 6.67. The first kappa shape index (κ1) is 17.7. The molecule has 0 saturated heterocycles. The maximum Gasteiger partial charge on any atom is 0.354 e. The first-order chi connectivity index (χ1) is 12.8. The molecule has 4 N–H and O–H groups in total. The number of aromatic nitrogens is 2. The molecule has 1 aliphatic heterocycles. The van der Waals surface area contributed by atoms with Gasteiger partial charge >= 0.3 is 17.9 Å². The van der Waals surface area contributed by atoms with Crippen LogP contribution in [0.15, 0.2) is 53.7 Å². The number of pyridine rings is 2. The Bertz CT molecular complexity index is 1020. The zero-order valence-electron chi connectivity index (χ0n) is 13.5. The Morgan fingerprint density at radius 3 is 2.07 bits per heavy atom. The zero-order chi connectivity index (χ0) is 19.6. The maximum absolute atomic E-state index is 11.9. The fourth-order valence-corrected chi connectivity index (χ4v) is 2.41. The highest BCUT2D eigenvalue weighted by molar-refractivity contribution is 6.09. The van der Waals surface area contributed by atoms with Crippen molar-refractivity contribution in [3.8, 4) is 0 Å². The number of allylic oxidation sites excluding steroid dienone is 1. The minimum atomic E-state index is -1.88. The Morgan fingerprint density at radius 1 is 0.889 bits per heavy atom. The van der Waals surface area contributed by atoms with Crippen molar-refractivity contribution >= 4 is 23.6 Å². The monoisotopic (exact) mass is 368 g/mol. The fourth-order valence-electron chi connectivity index (χ4n) is 2.41. The number of hydrogen-bond acceptors (Lipinski definition) is 7. The number of nitrogens with one attached hydrogen (secondary N) is 1. The van der Waals surface area contributed by atoms with Gasteiger partial charge in [0.25, 0.3) is 0 Å². The molecule has 1 atom stereocenters. The molecule has 0 radical (unpaired) electrons. The van der Waals surface area contributed by atoms with Gasteiger partial charge in [0, 0.05) is 0 Å². The molecule has 2 aromatic heterocycles. The van der Waals surface area contributed by atoms with Crippen molar-refractivity contribution in [2.24, 2.45) is 5.10 Å². The summed E-state index contributed by atoms with van der Waals surface area (Å²) in [5.74, 6) is -3.85. The molecule has 0 aromatic carbocycles. The lowest BCUT2D eigenvalue weighted by atomic mass is 9.92. The van der Waals surface area contributed by atoms with Crippen LogP contribution in [-0.2, 0) is 10.3 Å². The Kier molecular flexibility index (Phi) is 4.38. The smallest absolute Gasteiger partial charge is 0.354 e. The average molecular weight is 368 g/mol. The largest absolute Gasteiger partial charge is 0.479 e. The molecule has 10 nitrogen and oxygen atoms in total. The van der Waals surface area contributed by atoms with Gasteiger partial charge in [-0.3, -0.25) is 5.43 Å². The van der Waals surface area contributed by atoms with Crippen LogP contribution in [0.25, 0.3) is 0 Å². The second-order valence-electron chi connectivity index (χ2n) is 5.48. The predicted octanol–water partition coefficient (Wildman–Crippen LogP) is 0.717. The quantitative estimate of drug-likeness (QED) is 0.595. The summed E-state index contributed by atoms with van der Waals surface area (Å²) in [7, 11) is 0. The summed E-state index contributed by atoms with van der Waals surface area (Å²) in [6, 6.07) is 8.30. The van der Waals surface area contributed by atoms with E-state index in [0.717, 1.165) is 0 Å². The fraction of sp³-hybridized carbons (Fsp3) is 0.0588. The lowest BCUT2D eigenvalue weighted by Gasteiger charge is -2.28. The lowest BCUT2D eigenvalue weighted by Crippen LogP contribution is -2.48. The second-order valence-corrected chi connectivity index (χ2v) is 5.48. The van der Waals surface area contributed by atoms with Crippen molar-refractivity contribution in [3.05, 3.63) is 71.3 Å². The molecule has 2 aromatic rings. The lowest BCUT2D eigenvalue weighted by molar-refractivity contribution is -0.143. The van der Waals surface area contributed by atoms with Crippen LogP contribution < -0.4 is 5.43 Å². The Morgan fingerprint density at radius 2 is 1.52 bits per heavy atom. The molecule has 0 amide bonds. The van der Waals surface area contributed by atoms with Gasteiger partial charge in [-0.2, -0.15) is 5.10 Å². The number of aromatic carboxylic acids is 2. The standard InChI is InChI=1S/C17H12N4O6/c22-14(23)11-4-1-3-9(18-11)10-7-8-17(16(26)27,21-20-10)13-6-2-5-12(19-13)15(24)25/h1-8,21H,(H,22,23)(H,24,25)(H,26,27). The first-order valence-electron chi connectivity index (χ1n) is 7.52. The van der Waals surface area contributed by atoms with Crippen LogP contribution in [0.3, 0.4) is 0 Å². The molecule has 3 heterocycles. The first-order valence-corrected chi connectivity index (χ1v) is 7.52. The molecule has 0 saturated carbocycles. The van der Waals surface area contributed by atoms with Gasteiger partial charge in [0.1, 0.15) is 17.1 Å². The van der Waals surface area contributed by atoms with Gasteiger partial charge in [-0.05, 0) is 36.4 Å². The number of carboxylic acids is 3. The maximum atomic E-state index is 11.9. The molecule has 3 rings (SSSR count). The highest BCUT2D eigenvalue weighted by Crippen LogP contribution is 2.25. The molecular weight excluding hydrogens is 356 g/mol. The number of nitrogens with zero attached hydrogens (tertiary/aromatic N) is 3. The number of carbonyl (C=O) groups is 3. The molecule has 136 valence electrons. The SMILES string of the molecule is O=C(O)c1cccc(C2=NNC(C(=O)O)(c3cccc(C(=O)O)n3)C=C2)n1. The van der Waals surface area contributed by atoms with Crippen molar-refractivity contribution in [1.82, 2.24) is 15.4 Å². The summed E-state index contributed by atoms with van der Waals surface area (Å²) < 4.78 is 0. The number of aliphatic carboxylic acids is 1. The van der Waals surface area contributed by atoms with E-state index in [1.54, 1.807) is 0 Å². The highest BCUT2D eigenvalue weighted by atomic mass is 16.4. The molecule has 0 aliphatic carbocycles. The van der Waals surface area contributed by atoms with Crippen LogP contribution in [0, 0.1) is 0 Å². The van der Waals surface area contributed by atoms with Gasteiger partial charge in [-0.15, -0.1) is 0 Å². The summed E-state index contributed by atoms with van der Waals surface area (Å²) in [6.45, 7) is 0. The topological polar surface area (TPSA) is 162 Å². The van der Waals surface area contributed by atoms with E-state index in [1.807, 2.05) is 0 Å². The third kappa shape index (κ3) is 3.23. The van der Waals surface area contributed by atoms with Gasteiger partial charge in [0.15, 0.2) is 0 Å². The molecule has 1 unspecified atom stereocenters. The Hall–Kier alpha value is -4.08. The van der Waals surface area contributed by atoms with Gasteiger partial charge in [-0.25, -0.2) is 24.4 Å². The van der Waals surface area contributed by atoms with E-state index < -0.39 is 23.4 Å². The van der Waals surface area contributed by atoms with E-state index in [-0.39, 0.29) is 28.5 Å². The molecule has 0 bridgehead atoms.